The number of hydrogen-bond acceptors (Lipinski definition) is 3. The van der Waals surface area contributed by atoms with Crippen molar-refractivity contribution in [3.63, 3.8) is 0 Å². The molecular weight excluding hydrogens is 289 g/mol. The smallest absolute Gasteiger partial charge is 0.308 e. The summed E-state index contributed by atoms with van der Waals surface area (Å²) in [5, 5.41) is 9.13. The average Bonchev–Trinajstić information content (AvgIpc) is 2.87. The van der Waals surface area contributed by atoms with Crippen LogP contribution in [0.2, 0.25) is 0 Å². The highest BCUT2D eigenvalue weighted by Gasteiger charge is 2.40. The summed E-state index contributed by atoms with van der Waals surface area (Å²) in [7, 11) is 0. The van der Waals surface area contributed by atoms with Crippen molar-refractivity contribution in [1.29, 1.82) is 0 Å². The molecule has 6 heteroatoms. The van der Waals surface area contributed by atoms with E-state index in [-0.39, 0.29) is 17.7 Å². The van der Waals surface area contributed by atoms with Gasteiger partial charge < -0.3 is 14.7 Å². The monoisotopic (exact) mass is 309 g/mol. The van der Waals surface area contributed by atoms with Crippen LogP contribution in [0.4, 0.5) is 4.39 Å². The molecule has 1 amide bonds. The Bertz CT molecular complexity index is 563. The first-order valence-electron chi connectivity index (χ1n) is 7.40. The SMILES string of the molecule is CCC(Oc1ccccc1F)C(=O)N1CCC(C(=O)O)C1C. The summed E-state index contributed by atoms with van der Waals surface area (Å²) in [4.78, 5) is 25.2. The van der Waals surface area contributed by atoms with Gasteiger partial charge in [0.2, 0.25) is 0 Å². The van der Waals surface area contributed by atoms with E-state index in [2.05, 4.69) is 0 Å². The van der Waals surface area contributed by atoms with Crippen molar-refractivity contribution in [3.8, 4) is 5.75 Å². The first-order chi connectivity index (χ1) is 10.5. The fourth-order valence-electron chi connectivity index (χ4n) is 2.77. The fourth-order valence-corrected chi connectivity index (χ4v) is 2.77. The van der Waals surface area contributed by atoms with E-state index in [9.17, 15) is 14.0 Å². The highest BCUT2D eigenvalue weighted by atomic mass is 19.1. The van der Waals surface area contributed by atoms with Crippen molar-refractivity contribution >= 4 is 11.9 Å². The van der Waals surface area contributed by atoms with Gasteiger partial charge >= 0.3 is 5.97 Å². The van der Waals surface area contributed by atoms with E-state index in [1.165, 1.54) is 17.0 Å². The van der Waals surface area contributed by atoms with Crippen LogP contribution in [0.3, 0.4) is 0 Å². The predicted molar refractivity (Wildman–Crippen MR) is 78.0 cm³/mol. The van der Waals surface area contributed by atoms with Crippen LogP contribution < -0.4 is 4.74 Å². The van der Waals surface area contributed by atoms with Crippen molar-refractivity contribution in [3.05, 3.63) is 30.1 Å². The van der Waals surface area contributed by atoms with E-state index in [1.54, 1.807) is 26.0 Å². The van der Waals surface area contributed by atoms with Crippen LogP contribution in [-0.2, 0) is 9.59 Å². The maximum atomic E-state index is 13.6. The molecule has 1 aromatic rings. The highest BCUT2D eigenvalue weighted by molar-refractivity contribution is 5.83. The number of ether oxygens (including phenoxy) is 1. The Morgan fingerprint density at radius 3 is 2.68 bits per heavy atom. The minimum absolute atomic E-state index is 0.0318. The molecular formula is C16H20FNO4. The first-order valence-corrected chi connectivity index (χ1v) is 7.40. The second-order valence-electron chi connectivity index (χ2n) is 5.45. The third kappa shape index (κ3) is 3.21. The number of hydrogen-bond donors (Lipinski definition) is 1. The Morgan fingerprint density at radius 1 is 1.45 bits per heavy atom. The van der Waals surface area contributed by atoms with E-state index in [4.69, 9.17) is 9.84 Å². The normalized spacial score (nSPS) is 22.4. The zero-order chi connectivity index (χ0) is 16.3. The molecule has 2 rings (SSSR count). The summed E-state index contributed by atoms with van der Waals surface area (Å²) in [5.74, 6) is -2.24. The average molecular weight is 309 g/mol. The number of aliphatic carboxylic acids is 1. The van der Waals surface area contributed by atoms with Crippen LogP contribution in [0.15, 0.2) is 24.3 Å². The molecule has 0 bridgehead atoms. The van der Waals surface area contributed by atoms with Crippen LogP contribution in [-0.4, -0.2) is 40.6 Å². The van der Waals surface area contributed by atoms with Crippen LogP contribution in [0.1, 0.15) is 26.7 Å². The Morgan fingerprint density at radius 2 is 2.14 bits per heavy atom. The zero-order valence-electron chi connectivity index (χ0n) is 12.7. The van der Waals surface area contributed by atoms with E-state index in [0.717, 1.165) is 0 Å². The maximum Gasteiger partial charge on any atom is 0.308 e. The summed E-state index contributed by atoms with van der Waals surface area (Å²) in [6.07, 6.45) is -0.00106. The molecule has 1 heterocycles. The first kappa shape index (κ1) is 16.3. The lowest BCUT2D eigenvalue weighted by Crippen LogP contribution is -2.45. The number of likely N-dealkylation sites (tertiary alicyclic amines) is 1. The van der Waals surface area contributed by atoms with Gasteiger partial charge in [-0.2, -0.15) is 0 Å². The molecule has 0 spiro atoms. The van der Waals surface area contributed by atoms with Crippen molar-refractivity contribution in [1.82, 2.24) is 4.90 Å². The van der Waals surface area contributed by atoms with Gasteiger partial charge in [-0.3, -0.25) is 9.59 Å². The molecule has 3 atom stereocenters. The molecule has 1 aliphatic rings. The van der Waals surface area contributed by atoms with Gasteiger partial charge in [0.1, 0.15) is 0 Å². The number of carbonyl (C=O) groups excluding carboxylic acids is 1. The number of carboxylic acids is 1. The molecule has 0 saturated carbocycles. The van der Waals surface area contributed by atoms with E-state index in [0.29, 0.717) is 19.4 Å². The van der Waals surface area contributed by atoms with Gasteiger partial charge in [0.05, 0.1) is 5.92 Å². The number of carboxylic acid groups (broad SMARTS) is 1. The summed E-state index contributed by atoms with van der Waals surface area (Å²) in [6.45, 7) is 3.88. The molecule has 1 fully saturated rings. The number of carbonyl (C=O) groups is 2. The van der Waals surface area contributed by atoms with Gasteiger partial charge in [-0.15, -0.1) is 0 Å². The molecule has 120 valence electrons. The van der Waals surface area contributed by atoms with Gasteiger partial charge in [-0.05, 0) is 31.9 Å². The number of nitrogens with zero attached hydrogens (tertiary/aromatic N) is 1. The van der Waals surface area contributed by atoms with Gasteiger partial charge in [0.15, 0.2) is 17.7 Å². The number of amides is 1. The van der Waals surface area contributed by atoms with Gasteiger partial charge in [-0.1, -0.05) is 19.1 Å². The van der Waals surface area contributed by atoms with Crippen molar-refractivity contribution in [2.24, 2.45) is 5.92 Å². The Hall–Kier alpha value is -2.11. The minimum atomic E-state index is -0.897. The van der Waals surface area contributed by atoms with E-state index in [1.807, 2.05) is 0 Å². The summed E-state index contributed by atoms with van der Waals surface area (Å²) < 4.78 is 19.1. The van der Waals surface area contributed by atoms with E-state index >= 15 is 0 Å². The number of benzene rings is 1. The number of rotatable bonds is 5. The largest absolute Gasteiger partial charge is 0.481 e. The van der Waals surface area contributed by atoms with Crippen LogP contribution >= 0.6 is 0 Å². The summed E-state index contributed by atoms with van der Waals surface area (Å²) in [5.41, 5.74) is 0. The second kappa shape index (κ2) is 6.77. The van der Waals surface area contributed by atoms with Crippen molar-refractivity contribution < 1.29 is 23.8 Å². The van der Waals surface area contributed by atoms with Gasteiger partial charge in [0, 0.05) is 12.6 Å². The number of halogens is 1. The molecule has 0 aliphatic carbocycles. The molecule has 1 aliphatic heterocycles. The Balaban J connectivity index is 2.10. The highest BCUT2D eigenvalue weighted by Crippen LogP contribution is 2.27. The summed E-state index contributed by atoms with van der Waals surface area (Å²) >= 11 is 0. The molecule has 0 radical (unpaired) electrons. The molecule has 1 aromatic carbocycles. The quantitative estimate of drug-likeness (QED) is 0.906. The molecule has 0 aromatic heterocycles. The third-order valence-corrected chi connectivity index (χ3v) is 4.11. The third-order valence-electron chi connectivity index (χ3n) is 4.11. The maximum absolute atomic E-state index is 13.6. The molecule has 3 unspecified atom stereocenters. The zero-order valence-corrected chi connectivity index (χ0v) is 12.7. The standard InChI is InChI=1S/C16H20FNO4/c1-3-13(22-14-7-5-4-6-12(14)17)15(19)18-9-8-11(10(18)2)16(20)21/h4-7,10-11,13H,3,8-9H2,1-2H3,(H,20,21). The topological polar surface area (TPSA) is 66.8 Å². The van der Waals surface area contributed by atoms with Crippen LogP contribution in [0.5, 0.6) is 5.75 Å². The molecule has 1 N–H and O–H groups in total. The van der Waals surface area contributed by atoms with Crippen molar-refractivity contribution in [2.75, 3.05) is 6.54 Å². The number of para-hydroxylation sites is 1. The lowest BCUT2D eigenvalue weighted by atomic mass is 10.0. The lowest BCUT2D eigenvalue weighted by molar-refractivity contribution is -0.144. The summed E-state index contributed by atoms with van der Waals surface area (Å²) in [6, 6.07) is 5.53. The van der Waals surface area contributed by atoms with Gasteiger partial charge in [-0.25, -0.2) is 4.39 Å². The molecule has 22 heavy (non-hydrogen) atoms. The molecule has 5 nitrogen and oxygen atoms in total. The fraction of sp³-hybridized carbons (Fsp3) is 0.500. The Labute approximate surface area is 128 Å². The lowest BCUT2D eigenvalue weighted by Gasteiger charge is -2.27. The Kier molecular flexibility index (Phi) is 5.00. The second-order valence-corrected chi connectivity index (χ2v) is 5.45. The van der Waals surface area contributed by atoms with Gasteiger partial charge in [0.25, 0.3) is 5.91 Å². The van der Waals surface area contributed by atoms with Crippen LogP contribution in [0, 0.1) is 11.7 Å². The minimum Gasteiger partial charge on any atom is -0.481 e. The molecule has 1 saturated heterocycles. The van der Waals surface area contributed by atoms with Crippen LogP contribution in [0.25, 0.3) is 0 Å². The van der Waals surface area contributed by atoms with E-state index < -0.39 is 23.8 Å². The van der Waals surface area contributed by atoms with Crippen molar-refractivity contribution in [2.45, 2.75) is 38.8 Å². The predicted octanol–water partition coefficient (Wildman–Crippen LogP) is 2.30.